The Morgan fingerprint density at radius 1 is 1.67 bits per heavy atom. The van der Waals surface area contributed by atoms with E-state index in [0.29, 0.717) is 0 Å². The van der Waals surface area contributed by atoms with Gasteiger partial charge < -0.3 is 0 Å². The van der Waals surface area contributed by atoms with Gasteiger partial charge in [-0.15, -0.1) is 0 Å². The van der Waals surface area contributed by atoms with Gasteiger partial charge in [0.05, 0.1) is 6.61 Å². The van der Waals surface area contributed by atoms with Crippen molar-refractivity contribution in [2.24, 2.45) is 0 Å². The number of hydrogen-bond donors (Lipinski definition) is 1. The molecule has 0 unspecified atom stereocenters. The molecule has 0 fully saturated rings. The van der Waals surface area contributed by atoms with Crippen molar-refractivity contribution < 1.29 is 17.2 Å². The first-order valence-electron chi connectivity index (χ1n) is 2.49. The highest BCUT2D eigenvalue weighted by molar-refractivity contribution is 7.80. The third kappa shape index (κ3) is 7.87. The van der Waals surface area contributed by atoms with E-state index in [9.17, 15) is 8.42 Å². The first-order valence-corrected chi connectivity index (χ1v) is 3.86. The van der Waals surface area contributed by atoms with Crippen molar-refractivity contribution in [1.82, 2.24) is 0 Å². The number of rotatable bonds is 4. The van der Waals surface area contributed by atoms with E-state index < -0.39 is 10.4 Å². The zero-order valence-electron chi connectivity index (χ0n) is 5.07. The van der Waals surface area contributed by atoms with Gasteiger partial charge in [0, 0.05) is 0 Å². The van der Waals surface area contributed by atoms with E-state index in [-0.39, 0.29) is 6.61 Å². The van der Waals surface area contributed by atoms with E-state index in [1.165, 1.54) is 0 Å². The second kappa shape index (κ2) is 3.81. The number of unbranched alkanes of at least 4 members (excludes halogenated alkanes) is 1. The summed E-state index contributed by atoms with van der Waals surface area (Å²) >= 11 is 0. The summed E-state index contributed by atoms with van der Waals surface area (Å²) < 4.78 is 31.6. The summed E-state index contributed by atoms with van der Waals surface area (Å²) in [6, 6.07) is 0. The molecule has 0 aliphatic rings. The van der Waals surface area contributed by atoms with Crippen LogP contribution in [-0.2, 0) is 14.6 Å². The molecule has 9 heavy (non-hydrogen) atoms. The molecule has 55 valence electrons. The lowest BCUT2D eigenvalue weighted by atomic mass is 10.4. The van der Waals surface area contributed by atoms with E-state index in [1.807, 2.05) is 6.92 Å². The Morgan fingerprint density at radius 3 is 2.56 bits per heavy atom. The van der Waals surface area contributed by atoms with Crippen molar-refractivity contribution >= 4 is 10.4 Å². The Labute approximate surface area is 54.8 Å². The molecule has 0 spiro atoms. The van der Waals surface area contributed by atoms with Crippen molar-refractivity contribution in [3.8, 4) is 0 Å². The van der Waals surface area contributed by atoms with Crippen molar-refractivity contribution in [2.75, 3.05) is 6.61 Å². The molecule has 0 heterocycles. The number of hydrogen-bond acceptors (Lipinski definition) is 3. The fourth-order valence-electron chi connectivity index (χ4n) is 0.252. The second-order valence-electron chi connectivity index (χ2n) is 1.41. The predicted molar refractivity (Wildman–Crippen MR) is 32.1 cm³/mol. The zero-order chi connectivity index (χ0) is 7.33. The zero-order valence-corrected chi connectivity index (χ0v) is 5.89. The lowest BCUT2D eigenvalue weighted by molar-refractivity contribution is 0.286. The average molecular weight is 153 g/mol. The minimum Gasteiger partial charge on any atom is -0.264 e. The topological polar surface area (TPSA) is 63.6 Å². The maximum atomic E-state index is 9.82. The monoisotopic (exact) mass is 153 g/mol. The Morgan fingerprint density at radius 2 is 2.22 bits per heavy atom. The summed E-state index contributed by atoms with van der Waals surface area (Å²) in [4.78, 5) is 0. The van der Waals surface area contributed by atoms with Gasteiger partial charge in [-0.1, -0.05) is 13.3 Å². The van der Waals surface area contributed by atoms with Crippen LogP contribution in [0, 0.1) is 6.42 Å². The minimum atomic E-state index is -4.23. The van der Waals surface area contributed by atoms with Crippen LogP contribution in [0.5, 0.6) is 0 Å². The Balaban J connectivity index is 3.30. The highest BCUT2D eigenvalue weighted by atomic mass is 32.3. The third-order valence-electron chi connectivity index (χ3n) is 0.623. The molecular weight excluding hydrogens is 144 g/mol. The first-order chi connectivity index (χ1) is 4.06. The van der Waals surface area contributed by atoms with Crippen LogP contribution in [-0.4, -0.2) is 19.6 Å². The minimum absolute atomic E-state index is 0.0602. The molecule has 0 saturated heterocycles. The molecule has 0 rings (SSSR count). The Kier molecular flexibility index (Phi) is 3.76. The Bertz CT molecular complexity index is 148. The largest absolute Gasteiger partial charge is 0.397 e. The molecule has 4 nitrogen and oxygen atoms in total. The third-order valence-corrected chi connectivity index (χ3v) is 1.06. The van der Waals surface area contributed by atoms with Gasteiger partial charge in [-0.3, -0.25) is 4.55 Å². The SMILES string of the molecule is CC[CH]COS(=O)(=O)O. The van der Waals surface area contributed by atoms with Gasteiger partial charge >= 0.3 is 10.4 Å². The molecule has 0 bridgehead atoms. The Hall–Kier alpha value is -0.130. The molecule has 0 saturated carbocycles. The summed E-state index contributed by atoms with van der Waals surface area (Å²) in [5.41, 5.74) is 0. The van der Waals surface area contributed by atoms with Crippen LogP contribution < -0.4 is 0 Å². The first kappa shape index (κ1) is 8.87. The fraction of sp³-hybridized carbons (Fsp3) is 0.750. The normalized spacial score (nSPS) is 11.8. The molecule has 0 aromatic rings. The molecule has 0 atom stereocenters. The van der Waals surface area contributed by atoms with Gasteiger partial charge in [-0.25, -0.2) is 4.18 Å². The quantitative estimate of drug-likeness (QED) is 0.469. The summed E-state index contributed by atoms with van der Waals surface area (Å²) in [5, 5.41) is 0. The maximum absolute atomic E-state index is 9.82. The van der Waals surface area contributed by atoms with Gasteiger partial charge in [-0.2, -0.15) is 8.42 Å². The highest BCUT2D eigenvalue weighted by Crippen LogP contribution is 1.90. The summed E-state index contributed by atoms with van der Waals surface area (Å²) in [6.07, 6.45) is 2.31. The van der Waals surface area contributed by atoms with Crippen LogP contribution in [0.25, 0.3) is 0 Å². The lowest BCUT2D eigenvalue weighted by Gasteiger charge is -1.94. The van der Waals surface area contributed by atoms with Crippen molar-refractivity contribution in [1.29, 1.82) is 0 Å². The van der Waals surface area contributed by atoms with Crippen LogP contribution in [0.2, 0.25) is 0 Å². The molecule has 0 aliphatic carbocycles. The summed E-state index contributed by atoms with van der Waals surface area (Å²) in [6.45, 7) is 1.78. The molecule has 0 aliphatic heterocycles. The second-order valence-corrected chi connectivity index (χ2v) is 2.50. The molecular formula is C4H9O4S. The van der Waals surface area contributed by atoms with Crippen LogP contribution in [0.3, 0.4) is 0 Å². The molecule has 1 N–H and O–H groups in total. The van der Waals surface area contributed by atoms with E-state index >= 15 is 0 Å². The smallest absolute Gasteiger partial charge is 0.264 e. The average Bonchev–Trinajstić information content (AvgIpc) is 1.63. The molecule has 5 heteroatoms. The lowest BCUT2D eigenvalue weighted by Crippen LogP contribution is -2.04. The highest BCUT2D eigenvalue weighted by Gasteiger charge is 2.01. The van der Waals surface area contributed by atoms with Crippen LogP contribution in [0.4, 0.5) is 0 Å². The van der Waals surface area contributed by atoms with E-state index in [1.54, 1.807) is 6.42 Å². The predicted octanol–water partition coefficient (Wildman–Crippen LogP) is 0.420. The van der Waals surface area contributed by atoms with Gasteiger partial charge in [0.1, 0.15) is 0 Å². The van der Waals surface area contributed by atoms with Crippen LogP contribution >= 0.6 is 0 Å². The van der Waals surface area contributed by atoms with Crippen LogP contribution in [0.1, 0.15) is 13.3 Å². The molecule has 0 aromatic heterocycles. The van der Waals surface area contributed by atoms with E-state index in [4.69, 9.17) is 4.55 Å². The molecule has 1 radical (unpaired) electrons. The van der Waals surface area contributed by atoms with E-state index in [0.717, 1.165) is 6.42 Å². The van der Waals surface area contributed by atoms with Crippen LogP contribution in [0.15, 0.2) is 0 Å². The van der Waals surface area contributed by atoms with Crippen molar-refractivity contribution in [3.05, 3.63) is 6.42 Å². The fourth-order valence-corrected chi connectivity index (χ4v) is 0.520. The van der Waals surface area contributed by atoms with Gasteiger partial charge in [0.25, 0.3) is 0 Å². The van der Waals surface area contributed by atoms with E-state index in [2.05, 4.69) is 4.18 Å². The maximum Gasteiger partial charge on any atom is 0.397 e. The van der Waals surface area contributed by atoms with Gasteiger partial charge in [0.2, 0.25) is 0 Å². The standard InChI is InChI=1S/C4H9O4S/c1-2-3-4-8-9(5,6)7/h3H,2,4H2,1H3,(H,5,6,7). The van der Waals surface area contributed by atoms with Gasteiger partial charge in [0.15, 0.2) is 0 Å². The van der Waals surface area contributed by atoms with Crippen molar-refractivity contribution in [3.63, 3.8) is 0 Å². The summed E-state index contributed by atoms with van der Waals surface area (Å²) in [7, 11) is -4.23. The van der Waals surface area contributed by atoms with Crippen molar-refractivity contribution in [2.45, 2.75) is 13.3 Å². The van der Waals surface area contributed by atoms with Gasteiger partial charge in [-0.05, 0) is 6.42 Å². The molecule has 0 aromatic carbocycles. The summed E-state index contributed by atoms with van der Waals surface area (Å²) in [5.74, 6) is 0. The molecule has 0 amide bonds.